The summed E-state index contributed by atoms with van der Waals surface area (Å²) in [4.78, 5) is 3.98. The highest BCUT2D eigenvalue weighted by Gasteiger charge is 2.17. The van der Waals surface area contributed by atoms with Gasteiger partial charge in [0.1, 0.15) is 10.3 Å². The average molecular weight is 371 g/mol. The molecule has 0 amide bonds. The van der Waals surface area contributed by atoms with Crippen LogP contribution in [0.1, 0.15) is 0 Å². The van der Waals surface area contributed by atoms with Crippen molar-refractivity contribution in [1.29, 1.82) is 0 Å². The Kier molecular flexibility index (Phi) is 4.52. The van der Waals surface area contributed by atoms with Gasteiger partial charge in [0, 0.05) is 11.8 Å². The fraction of sp³-hybridized carbons (Fsp3) is 0.0833. The molecule has 0 saturated carbocycles. The molecule has 0 spiro atoms. The fourth-order valence-corrected chi connectivity index (χ4v) is 3.18. The summed E-state index contributed by atoms with van der Waals surface area (Å²) in [7, 11) is -3.27. The second kappa shape index (κ2) is 5.70. The van der Waals surface area contributed by atoms with E-state index in [9.17, 15) is 8.42 Å². The van der Waals surface area contributed by atoms with E-state index >= 15 is 0 Å². The van der Waals surface area contributed by atoms with Crippen molar-refractivity contribution in [3.63, 3.8) is 0 Å². The van der Waals surface area contributed by atoms with Crippen LogP contribution >= 0.6 is 46.4 Å². The monoisotopic (exact) mass is 369 g/mol. The smallest absolute Gasteiger partial charge is 0.175 e. The number of rotatable bonds is 2. The van der Waals surface area contributed by atoms with Gasteiger partial charge in [-0.2, -0.15) is 0 Å². The molecular weight excluding hydrogens is 364 g/mol. The molecular formula is C12H7Cl4NO2S. The number of nitrogens with zero attached hydrogens (tertiary/aromatic N) is 1. The summed E-state index contributed by atoms with van der Waals surface area (Å²) in [5, 5.41) is 0.382. The molecule has 8 heteroatoms. The van der Waals surface area contributed by atoms with Gasteiger partial charge in [0.05, 0.1) is 14.9 Å². The van der Waals surface area contributed by atoms with Gasteiger partial charge in [0.2, 0.25) is 0 Å². The molecule has 0 fully saturated rings. The first-order valence-electron chi connectivity index (χ1n) is 5.22. The molecule has 0 unspecified atom stereocenters. The van der Waals surface area contributed by atoms with E-state index in [1.165, 1.54) is 12.1 Å². The molecule has 106 valence electrons. The lowest BCUT2D eigenvalue weighted by atomic mass is 10.1. The van der Waals surface area contributed by atoms with Crippen molar-refractivity contribution >= 4 is 56.2 Å². The summed E-state index contributed by atoms with van der Waals surface area (Å²) in [6, 6.07) is 6.07. The second-order valence-electron chi connectivity index (χ2n) is 3.99. The summed E-state index contributed by atoms with van der Waals surface area (Å²) < 4.78 is 22.8. The van der Waals surface area contributed by atoms with Crippen molar-refractivity contribution in [3.8, 4) is 11.1 Å². The first-order valence-corrected chi connectivity index (χ1v) is 8.62. The number of benzene rings is 1. The molecule has 3 nitrogen and oxygen atoms in total. The molecule has 0 aliphatic rings. The Morgan fingerprint density at radius 1 is 0.900 bits per heavy atom. The van der Waals surface area contributed by atoms with E-state index in [4.69, 9.17) is 46.4 Å². The van der Waals surface area contributed by atoms with Gasteiger partial charge in [-0.15, -0.1) is 0 Å². The van der Waals surface area contributed by atoms with Crippen LogP contribution in [-0.4, -0.2) is 19.7 Å². The molecule has 0 atom stereocenters. The van der Waals surface area contributed by atoms with Crippen LogP contribution in [-0.2, 0) is 9.84 Å². The number of halogens is 4. The largest absolute Gasteiger partial charge is 0.224 e. The third kappa shape index (κ3) is 3.05. The highest BCUT2D eigenvalue weighted by atomic mass is 35.5. The van der Waals surface area contributed by atoms with Crippen LogP contribution in [0.25, 0.3) is 11.1 Å². The molecule has 0 radical (unpaired) electrons. The lowest BCUT2D eigenvalue weighted by molar-refractivity contribution is 0.602. The zero-order valence-electron chi connectivity index (χ0n) is 9.99. The zero-order valence-corrected chi connectivity index (χ0v) is 13.8. The predicted molar refractivity (Wildman–Crippen MR) is 82.8 cm³/mol. The zero-order chi connectivity index (χ0) is 15.1. The van der Waals surface area contributed by atoms with E-state index in [1.54, 1.807) is 12.1 Å². The maximum absolute atomic E-state index is 11.4. The second-order valence-corrected chi connectivity index (χ2v) is 7.48. The molecule has 0 bridgehead atoms. The van der Waals surface area contributed by atoms with Gasteiger partial charge in [-0.1, -0.05) is 58.5 Å². The quantitative estimate of drug-likeness (QED) is 0.715. The van der Waals surface area contributed by atoms with Gasteiger partial charge in [-0.05, 0) is 17.7 Å². The summed E-state index contributed by atoms with van der Waals surface area (Å²) in [6.45, 7) is 0. The van der Waals surface area contributed by atoms with Gasteiger partial charge in [0.25, 0.3) is 0 Å². The van der Waals surface area contributed by atoms with Crippen molar-refractivity contribution in [3.05, 3.63) is 44.6 Å². The molecule has 1 aromatic heterocycles. The molecule has 0 N–H and O–H groups in total. The molecule has 0 aliphatic carbocycles. The standard InChI is InChI=1S/C12H7Cl4NO2S/c1-20(18,19)7-4-2-6(3-5-7)8-9(13)11(15)17-12(16)10(8)14/h2-5H,1H3. The number of pyridine rings is 1. The van der Waals surface area contributed by atoms with Crippen LogP contribution in [0.15, 0.2) is 29.2 Å². The van der Waals surface area contributed by atoms with E-state index in [1.807, 2.05) is 0 Å². The van der Waals surface area contributed by atoms with Crippen molar-refractivity contribution in [2.75, 3.05) is 6.26 Å². The molecule has 0 aliphatic heterocycles. The van der Waals surface area contributed by atoms with E-state index in [-0.39, 0.29) is 25.2 Å². The van der Waals surface area contributed by atoms with Crippen molar-refractivity contribution in [2.24, 2.45) is 0 Å². The van der Waals surface area contributed by atoms with Crippen LogP contribution in [0, 0.1) is 0 Å². The molecule has 2 aromatic rings. The van der Waals surface area contributed by atoms with Gasteiger partial charge < -0.3 is 0 Å². The first kappa shape index (κ1) is 15.9. The minimum absolute atomic E-state index is 0.0308. The first-order chi connectivity index (χ1) is 9.21. The van der Waals surface area contributed by atoms with Crippen molar-refractivity contribution in [1.82, 2.24) is 4.98 Å². The maximum Gasteiger partial charge on any atom is 0.175 e. The lowest BCUT2D eigenvalue weighted by Gasteiger charge is -2.10. The van der Waals surface area contributed by atoms with E-state index in [0.29, 0.717) is 11.1 Å². The highest BCUT2D eigenvalue weighted by molar-refractivity contribution is 7.90. The minimum Gasteiger partial charge on any atom is -0.224 e. The Morgan fingerprint density at radius 3 is 1.75 bits per heavy atom. The molecule has 1 heterocycles. The Hall–Kier alpha value is -0.520. The van der Waals surface area contributed by atoms with E-state index < -0.39 is 9.84 Å². The SMILES string of the molecule is CS(=O)(=O)c1ccc(-c2c(Cl)c(Cl)nc(Cl)c2Cl)cc1. The number of hydrogen-bond donors (Lipinski definition) is 0. The summed E-state index contributed by atoms with van der Waals surface area (Å²) in [5.41, 5.74) is 1.01. The number of aromatic nitrogens is 1. The van der Waals surface area contributed by atoms with Crippen LogP contribution < -0.4 is 0 Å². The van der Waals surface area contributed by atoms with Crippen LogP contribution in [0.2, 0.25) is 20.4 Å². The fourth-order valence-electron chi connectivity index (χ4n) is 1.61. The van der Waals surface area contributed by atoms with Crippen molar-refractivity contribution in [2.45, 2.75) is 4.90 Å². The summed E-state index contributed by atoms with van der Waals surface area (Å²) >= 11 is 23.9. The number of hydrogen-bond acceptors (Lipinski definition) is 3. The normalized spacial score (nSPS) is 11.7. The highest BCUT2D eigenvalue weighted by Crippen LogP contribution is 2.41. The Bertz CT molecular complexity index is 747. The number of sulfone groups is 1. The van der Waals surface area contributed by atoms with Gasteiger partial charge in [-0.25, -0.2) is 13.4 Å². The topological polar surface area (TPSA) is 47.0 Å². The lowest BCUT2D eigenvalue weighted by Crippen LogP contribution is -1.96. The molecule has 1 aromatic carbocycles. The Morgan fingerprint density at radius 2 is 1.35 bits per heavy atom. The minimum atomic E-state index is -3.27. The molecule has 20 heavy (non-hydrogen) atoms. The Balaban J connectivity index is 2.64. The van der Waals surface area contributed by atoms with E-state index in [0.717, 1.165) is 6.26 Å². The van der Waals surface area contributed by atoms with Gasteiger partial charge in [0.15, 0.2) is 9.84 Å². The average Bonchev–Trinajstić information content (AvgIpc) is 2.36. The van der Waals surface area contributed by atoms with Crippen LogP contribution in [0.3, 0.4) is 0 Å². The third-order valence-corrected chi connectivity index (χ3v) is 5.17. The maximum atomic E-state index is 11.4. The van der Waals surface area contributed by atoms with Gasteiger partial charge >= 0.3 is 0 Å². The van der Waals surface area contributed by atoms with Crippen LogP contribution in [0.4, 0.5) is 0 Å². The van der Waals surface area contributed by atoms with Crippen molar-refractivity contribution < 1.29 is 8.42 Å². The summed E-state index contributed by atoms with van der Waals surface area (Å²) in [5.74, 6) is 0. The molecule has 0 saturated heterocycles. The molecule has 2 rings (SSSR count). The van der Waals surface area contributed by atoms with Crippen LogP contribution in [0.5, 0.6) is 0 Å². The van der Waals surface area contributed by atoms with Gasteiger partial charge in [-0.3, -0.25) is 0 Å². The summed E-state index contributed by atoms with van der Waals surface area (Å²) in [6.07, 6.45) is 1.13. The predicted octanol–water partition coefficient (Wildman–Crippen LogP) is 4.77. The Labute approximate surface area is 136 Å². The third-order valence-electron chi connectivity index (χ3n) is 2.57. The van der Waals surface area contributed by atoms with E-state index in [2.05, 4.69) is 4.98 Å².